The van der Waals surface area contributed by atoms with Crippen molar-refractivity contribution in [1.29, 1.82) is 0 Å². The zero-order chi connectivity index (χ0) is 9.31. The molecule has 0 aromatic rings. The maximum atomic E-state index is 3.44. The Morgan fingerprint density at radius 1 is 1.31 bits per heavy atom. The number of likely N-dealkylation sites (tertiary alicyclic amines) is 1. The Labute approximate surface area is 81.7 Å². The third-order valence-electron chi connectivity index (χ3n) is 3.56. The van der Waals surface area contributed by atoms with Crippen LogP contribution in [-0.2, 0) is 0 Å². The molecule has 2 heteroatoms. The molecule has 0 bridgehead atoms. The van der Waals surface area contributed by atoms with E-state index < -0.39 is 0 Å². The first-order valence-corrected chi connectivity index (χ1v) is 5.61. The molecule has 0 unspecified atom stereocenters. The van der Waals surface area contributed by atoms with Crippen molar-refractivity contribution < 1.29 is 0 Å². The second kappa shape index (κ2) is 3.58. The number of nitrogens with zero attached hydrogens (tertiary/aromatic N) is 1. The van der Waals surface area contributed by atoms with E-state index in [0.29, 0.717) is 5.41 Å². The van der Waals surface area contributed by atoms with Crippen LogP contribution in [0.25, 0.3) is 0 Å². The molecule has 2 rings (SSSR count). The minimum absolute atomic E-state index is 0.603. The number of piperidine rings is 1. The third-order valence-corrected chi connectivity index (χ3v) is 3.56. The molecule has 0 aromatic carbocycles. The van der Waals surface area contributed by atoms with Gasteiger partial charge in [0.1, 0.15) is 0 Å². The van der Waals surface area contributed by atoms with Gasteiger partial charge in [-0.15, -0.1) is 0 Å². The predicted octanol–water partition coefficient (Wildman–Crippen LogP) is 1.33. The third kappa shape index (κ3) is 2.23. The Morgan fingerprint density at radius 3 is 2.46 bits per heavy atom. The van der Waals surface area contributed by atoms with Gasteiger partial charge in [-0.25, -0.2) is 0 Å². The highest BCUT2D eigenvalue weighted by atomic mass is 15.2. The average molecular weight is 182 g/mol. The van der Waals surface area contributed by atoms with Gasteiger partial charge in [0.15, 0.2) is 0 Å². The fourth-order valence-corrected chi connectivity index (χ4v) is 2.69. The normalized spacial score (nSPS) is 30.0. The smallest absolute Gasteiger partial charge is 0.00365 e. The van der Waals surface area contributed by atoms with Crippen LogP contribution >= 0.6 is 0 Å². The Balaban J connectivity index is 1.78. The topological polar surface area (TPSA) is 15.3 Å². The lowest BCUT2D eigenvalue weighted by atomic mass is 9.79. The van der Waals surface area contributed by atoms with Crippen LogP contribution in [0.4, 0.5) is 0 Å². The Hall–Kier alpha value is -0.0800. The van der Waals surface area contributed by atoms with Crippen molar-refractivity contribution in [2.24, 2.45) is 11.3 Å². The van der Waals surface area contributed by atoms with E-state index in [1.807, 2.05) is 0 Å². The molecule has 0 aliphatic carbocycles. The van der Waals surface area contributed by atoms with Crippen molar-refractivity contribution in [2.45, 2.75) is 26.7 Å². The van der Waals surface area contributed by atoms with Gasteiger partial charge in [0.05, 0.1) is 0 Å². The lowest BCUT2D eigenvalue weighted by molar-refractivity contribution is 0.0469. The first kappa shape index (κ1) is 9.47. The van der Waals surface area contributed by atoms with Crippen LogP contribution in [0.5, 0.6) is 0 Å². The van der Waals surface area contributed by atoms with E-state index in [1.165, 1.54) is 45.6 Å². The van der Waals surface area contributed by atoms with Crippen molar-refractivity contribution in [3.63, 3.8) is 0 Å². The number of hydrogen-bond donors (Lipinski definition) is 1. The highest BCUT2D eigenvalue weighted by Crippen LogP contribution is 2.31. The number of hydrogen-bond acceptors (Lipinski definition) is 2. The standard InChI is InChI=1S/C11H22N2/c1-10-7-13(8-10)9-11(2)3-5-12-6-4-11/h10,12H,3-9H2,1-2H3. The Kier molecular flexibility index (Phi) is 2.61. The van der Waals surface area contributed by atoms with E-state index >= 15 is 0 Å². The summed E-state index contributed by atoms with van der Waals surface area (Å²) in [6.07, 6.45) is 2.72. The van der Waals surface area contributed by atoms with E-state index in [-0.39, 0.29) is 0 Å². The molecule has 2 nitrogen and oxygen atoms in total. The molecule has 0 atom stereocenters. The van der Waals surface area contributed by atoms with Gasteiger partial charge in [0.25, 0.3) is 0 Å². The van der Waals surface area contributed by atoms with Gasteiger partial charge in [-0.05, 0) is 37.3 Å². The maximum Gasteiger partial charge on any atom is 0.00365 e. The van der Waals surface area contributed by atoms with Crippen molar-refractivity contribution >= 4 is 0 Å². The molecule has 0 aromatic heterocycles. The van der Waals surface area contributed by atoms with Crippen LogP contribution in [0.1, 0.15) is 26.7 Å². The van der Waals surface area contributed by atoms with Crippen LogP contribution < -0.4 is 5.32 Å². The van der Waals surface area contributed by atoms with Gasteiger partial charge < -0.3 is 10.2 Å². The second-order valence-electron chi connectivity index (χ2n) is 5.36. The molecule has 2 saturated heterocycles. The summed E-state index contributed by atoms with van der Waals surface area (Å²) in [4.78, 5) is 2.62. The molecule has 2 aliphatic heterocycles. The monoisotopic (exact) mass is 182 g/mol. The van der Waals surface area contributed by atoms with Gasteiger partial charge in [0, 0.05) is 19.6 Å². The zero-order valence-electron chi connectivity index (χ0n) is 8.97. The van der Waals surface area contributed by atoms with Gasteiger partial charge in [-0.3, -0.25) is 0 Å². The summed E-state index contributed by atoms with van der Waals surface area (Å²) in [7, 11) is 0. The minimum atomic E-state index is 0.603. The van der Waals surface area contributed by atoms with E-state index in [1.54, 1.807) is 0 Å². The maximum absolute atomic E-state index is 3.44. The average Bonchev–Trinajstić information content (AvgIpc) is 2.02. The fourth-order valence-electron chi connectivity index (χ4n) is 2.69. The molecule has 0 saturated carbocycles. The summed E-state index contributed by atoms with van der Waals surface area (Å²) in [5, 5.41) is 3.44. The van der Waals surface area contributed by atoms with Gasteiger partial charge in [0.2, 0.25) is 0 Å². The molecule has 0 spiro atoms. The largest absolute Gasteiger partial charge is 0.317 e. The molecule has 0 radical (unpaired) electrons. The lowest BCUT2D eigenvalue weighted by Crippen LogP contribution is -2.51. The van der Waals surface area contributed by atoms with Crippen LogP contribution in [0.3, 0.4) is 0 Å². The SMILES string of the molecule is CC1CN(CC2(C)CCNCC2)C1. The molecular weight excluding hydrogens is 160 g/mol. The van der Waals surface area contributed by atoms with Crippen LogP contribution in [0.15, 0.2) is 0 Å². The fraction of sp³-hybridized carbons (Fsp3) is 1.00. The molecule has 0 amide bonds. The van der Waals surface area contributed by atoms with E-state index in [4.69, 9.17) is 0 Å². The van der Waals surface area contributed by atoms with Crippen molar-refractivity contribution in [3.8, 4) is 0 Å². The van der Waals surface area contributed by atoms with E-state index in [9.17, 15) is 0 Å². The molecule has 2 fully saturated rings. The summed E-state index contributed by atoms with van der Waals surface area (Å²) >= 11 is 0. The van der Waals surface area contributed by atoms with Crippen LogP contribution in [-0.4, -0.2) is 37.6 Å². The van der Waals surface area contributed by atoms with Gasteiger partial charge in [-0.1, -0.05) is 13.8 Å². The number of rotatable bonds is 2. The summed E-state index contributed by atoms with van der Waals surface area (Å²) in [6.45, 7) is 11.3. The summed E-state index contributed by atoms with van der Waals surface area (Å²) < 4.78 is 0. The summed E-state index contributed by atoms with van der Waals surface area (Å²) in [5.74, 6) is 0.949. The van der Waals surface area contributed by atoms with Crippen LogP contribution in [0.2, 0.25) is 0 Å². The van der Waals surface area contributed by atoms with Crippen molar-refractivity contribution in [3.05, 3.63) is 0 Å². The second-order valence-corrected chi connectivity index (χ2v) is 5.36. The molecule has 76 valence electrons. The predicted molar refractivity (Wildman–Crippen MR) is 55.8 cm³/mol. The molecular formula is C11H22N2. The van der Waals surface area contributed by atoms with Crippen LogP contribution in [0, 0.1) is 11.3 Å². The highest BCUT2D eigenvalue weighted by molar-refractivity contribution is 4.87. The Bertz CT molecular complexity index is 167. The van der Waals surface area contributed by atoms with Gasteiger partial charge >= 0.3 is 0 Å². The van der Waals surface area contributed by atoms with E-state index in [0.717, 1.165) is 5.92 Å². The first-order chi connectivity index (χ1) is 6.18. The number of nitrogens with one attached hydrogen (secondary N) is 1. The highest BCUT2D eigenvalue weighted by Gasteiger charge is 2.32. The molecule has 1 N–H and O–H groups in total. The molecule has 2 aliphatic rings. The summed E-state index contributed by atoms with van der Waals surface area (Å²) in [6, 6.07) is 0. The lowest BCUT2D eigenvalue weighted by Gasteiger charge is -2.45. The quantitative estimate of drug-likeness (QED) is 0.693. The van der Waals surface area contributed by atoms with E-state index in [2.05, 4.69) is 24.1 Å². The summed E-state index contributed by atoms with van der Waals surface area (Å²) in [5.41, 5.74) is 0.603. The molecule has 13 heavy (non-hydrogen) atoms. The zero-order valence-corrected chi connectivity index (χ0v) is 8.97. The van der Waals surface area contributed by atoms with Gasteiger partial charge in [-0.2, -0.15) is 0 Å². The molecule has 2 heterocycles. The first-order valence-electron chi connectivity index (χ1n) is 5.61. The van der Waals surface area contributed by atoms with Crippen molar-refractivity contribution in [1.82, 2.24) is 10.2 Å². The van der Waals surface area contributed by atoms with Crippen molar-refractivity contribution in [2.75, 3.05) is 32.7 Å². The minimum Gasteiger partial charge on any atom is -0.317 e. The Morgan fingerprint density at radius 2 is 1.92 bits per heavy atom.